The molecule has 0 radical (unpaired) electrons. The smallest absolute Gasteiger partial charge is 0.252 e. The predicted molar refractivity (Wildman–Crippen MR) is 112 cm³/mol. The maximum atomic E-state index is 12.6. The van der Waals surface area contributed by atoms with Crippen LogP contribution >= 0.6 is 11.3 Å². The molecule has 2 aromatic carbocycles. The molecule has 2 heterocycles. The van der Waals surface area contributed by atoms with Crippen LogP contribution in [0.4, 0.5) is 0 Å². The predicted octanol–water partition coefficient (Wildman–Crippen LogP) is 2.15. The molecule has 0 saturated carbocycles. The summed E-state index contributed by atoms with van der Waals surface area (Å²) in [7, 11) is -1.73. The Morgan fingerprint density at radius 3 is 2.77 bits per heavy atom. The van der Waals surface area contributed by atoms with E-state index in [9.17, 15) is 13.2 Å². The van der Waals surface area contributed by atoms with Crippen molar-refractivity contribution in [3.63, 3.8) is 0 Å². The standard InChI is InChI=1S/C20H20N2O6S2/c1-26-8-7-22-15-5-4-14(30(2,24)25)11-18(15)29-20(22)21-19(23)10-13-3-6-16-17(9-13)28-12-27-16/h3-6,9,11H,7-8,10,12H2,1-2H3. The van der Waals surface area contributed by atoms with Crippen LogP contribution in [0.1, 0.15) is 5.56 Å². The van der Waals surface area contributed by atoms with E-state index in [2.05, 4.69) is 4.99 Å². The highest BCUT2D eigenvalue weighted by molar-refractivity contribution is 7.90. The fourth-order valence-electron chi connectivity index (χ4n) is 3.14. The van der Waals surface area contributed by atoms with Crippen LogP contribution in [0.25, 0.3) is 10.2 Å². The van der Waals surface area contributed by atoms with Crippen LogP contribution in [0.3, 0.4) is 0 Å². The number of amides is 1. The van der Waals surface area contributed by atoms with Crippen LogP contribution in [-0.2, 0) is 32.3 Å². The number of carbonyl (C=O) groups is 1. The number of hydrogen-bond donors (Lipinski definition) is 0. The molecule has 3 aromatic rings. The molecule has 0 unspecified atom stereocenters. The lowest BCUT2D eigenvalue weighted by molar-refractivity contribution is -0.117. The molecule has 1 aliphatic heterocycles. The summed E-state index contributed by atoms with van der Waals surface area (Å²) < 4.78 is 42.2. The molecule has 1 amide bonds. The van der Waals surface area contributed by atoms with Gasteiger partial charge in [0.05, 0.1) is 28.1 Å². The van der Waals surface area contributed by atoms with Gasteiger partial charge in [-0.3, -0.25) is 4.79 Å². The first-order valence-electron chi connectivity index (χ1n) is 9.13. The number of nitrogens with zero attached hydrogens (tertiary/aromatic N) is 2. The summed E-state index contributed by atoms with van der Waals surface area (Å²) in [4.78, 5) is 17.7. The molecule has 0 aliphatic carbocycles. The molecule has 0 spiro atoms. The lowest BCUT2D eigenvalue weighted by atomic mass is 10.1. The molecule has 0 fully saturated rings. The Kier molecular flexibility index (Phi) is 5.63. The van der Waals surface area contributed by atoms with Gasteiger partial charge in [-0.25, -0.2) is 8.42 Å². The first-order chi connectivity index (χ1) is 14.3. The number of fused-ring (bicyclic) bond motifs is 2. The van der Waals surface area contributed by atoms with Gasteiger partial charge in [0.2, 0.25) is 6.79 Å². The second kappa shape index (κ2) is 8.21. The van der Waals surface area contributed by atoms with E-state index < -0.39 is 9.84 Å². The third-order valence-electron chi connectivity index (χ3n) is 4.61. The van der Waals surface area contributed by atoms with Gasteiger partial charge in [0, 0.05) is 19.9 Å². The minimum Gasteiger partial charge on any atom is -0.454 e. The Morgan fingerprint density at radius 1 is 1.20 bits per heavy atom. The third-order valence-corrected chi connectivity index (χ3v) is 6.77. The van der Waals surface area contributed by atoms with Gasteiger partial charge in [-0.05, 0) is 35.9 Å². The van der Waals surface area contributed by atoms with Crippen LogP contribution < -0.4 is 14.3 Å². The lowest BCUT2D eigenvalue weighted by Gasteiger charge is -2.05. The average Bonchev–Trinajstić information content (AvgIpc) is 3.28. The van der Waals surface area contributed by atoms with Gasteiger partial charge in [0.1, 0.15) is 0 Å². The van der Waals surface area contributed by atoms with Crippen molar-refractivity contribution in [1.29, 1.82) is 0 Å². The molecule has 30 heavy (non-hydrogen) atoms. The maximum absolute atomic E-state index is 12.6. The fourth-order valence-corrected chi connectivity index (χ4v) is 4.97. The Bertz CT molecular complexity index is 1290. The summed E-state index contributed by atoms with van der Waals surface area (Å²) in [5.74, 6) is 0.965. The van der Waals surface area contributed by atoms with Crippen LogP contribution in [0.15, 0.2) is 46.3 Å². The number of aromatic nitrogens is 1. The zero-order chi connectivity index (χ0) is 21.3. The number of rotatable bonds is 6. The molecule has 1 aliphatic rings. The minimum atomic E-state index is -3.33. The van der Waals surface area contributed by atoms with Crippen molar-refractivity contribution in [2.45, 2.75) is 17.9 Å². The number of sulfone groups is 1. The van der Waals surface area contributed by atoms with Crippen LogP contribution in [0, 0.1) is 0 Å². The first-order valence-corrected chi connectivity index (χ1v) is 11.8. The van der Waals surface area contributed by atoms with Gasteiger partial charge in [0.25, 0.3) is 5.91 Å². The molecule has 0 N–H and O–H groups in total. The van der Waals surface area contributed by atoms with E-state index in [1.165, 1.54) is 17.6 Å². The van der Waals surface area contributed by atoms with Crippen molar-refractivity contribution in [2.24, 2.45) is 4.99 Å². The van der Waals surface area contributed by atoms with Crippen molar-refractivity contribution >= 4 is 37.3 Å². The second-order valence-electron chi connectivity index (χ2n) is 6.80. The number of carbonyl (C=O) groups excluding carboxylic acids is 1. The molecule has 10 heteroatoms. The van der Waals surface area contributed by atoms with Crippen molar-refractivity contribution in [2.75, 3.05) is 26.8 Å². The quantitative estimate of drug-likeness (QED) is 0.573. The lowest BCUT2D eigenvalue weighted by Crippen LogP contribution is -2.19. The Morgan fingerprint density at radius 2 is 2.00 bits per heavy atom. The Balaban J connectivity index is 1.70. The monoisotopic (exact) mass is 448 g/mol. The molecule has 0 bridgehead atoms. The zero-order valence-electron chi connectivity index (χ0n) is 16.5. The summed E-state index contributed by atoms with van der Waals surface area (Å²) in [5.41, 5.74) is 1.58. The Labute approximate surface area is 177 Å². The van der Waals surface area contributed by atoms with E-state index in [-0.39, 0.29) is 24.0 Å². The molecule has 158 valence electrons. The molecule has 0 saturated heterocycles. The van der Waals surface area contributed by atoms with Gasteiger partial charge in [-0.2, -0.15) is 4.99 Å². The van der Waals surface area contributed by atoms with Gasteiger partial charge in [-0.1, -0.05) is 17.4 Å². The first kappa shape index (κ1) is 20.6. The minimum absolute atomic E-state index is 0.115. The largest absolute Gasteiger partial charge is 0.454 e. The number of benzene rings is 2. The maximum Gasteiger partial charge on any atom is 0.252 e. The topological polar surface area (TPSA) is 96.2 Å². The highest BCUT2D eigenvalue weighted by Crippen LogP contribution is 2.32. The van der Waals surface area contributed by atoms with E-state index in [4.69, 9.17) is 14.2 Å². The summed E-state index contributed by atoms with van der Waals surface area (Å²) in [5, 5.41) is 0. The highest BCUT2D eigenvalue weighted by atomic mass is 32.2. The van der Waals surface area contributed by atoms with E-state index in [1.807, 2.05) is 10.6 Å². The number of ether oxygens (including phenoxy) is 3. The molecule has 8 nitrogen and oxygen atoms in total. The fraction of sp³-hybridized carbons (Fsp3) is 0.300. The number of hydrogen-bond acceptors (Lipinski definition) is 7. The highest BCUT2D eigenvalue weighted by Gasteiger charge is 2.16. The summed E-state index contributed by atoms with van der Waals surface area (Å²) >= 11 is 1.27. The van der Waals surface area contributed by atoms with Gasteiger partial charge in [0.15, 0.2) is 26.1 Å². The van der Waals surface area contributed by atoms with Gasteiger partial charge >= 0.3 is 0 Å². The zero-order valence-corrected chi connectivity index (χ0v) is 18.1. The number of thiazole rings is 1. The number of methoxy groups -OCH3 is 1. The van der Waals surface area contributed by atoms with E-state index in [0.29, 0.717) is 29.5 Å². The van der Waals surface area contributed by atoms with Crippen molar-refractivity contribution < 1.29 is 27.4 Å². The summed E-state index contributed by atoms with van der Waals surface area (Å²) in [6, 6.07) is 10.3. The molecule has 4 rings (SSSR count). The van der Waals surface area contributed by atoms with Crippen LogP contribution in [-0.4, -0.2) is 45.7 Å². The molecule has 1 aromatic heterocycles. The normalized spacial score (nSPS) is 13.9. The third kappa shape index (κ3) is 4.25. The van der Waals surface area contributed by atoms with Crippen molar-refractivity contribution in [3.05, 3.63) is 46.8 Å². The van der Waals surface area contributed by atoms with Gasteiger partial charge in [-0.15, -0.1) is 0 Å². The van der Waals surface area contributed by atoms with Crippen LogP contribution in [0.5, 0.6) is 11.5 Å². The van der Waals surface area contributed by atoms with Gasteiger partial charge < -0.3 is 18.8 Å². The molecular weight excluding hydrogens is 428 g/mol. The van der Waals surface area contributed by atoms with Crippen LogP contribution in [0.2, 0.25) is 0 Å². The van der Waals surface area contributed by atoms with E-state index in [1.54, 1.807) is 37.4 Å². The van der Waals surface area contributed by atoms with E-state index >= 15 is 0 Å². The average molecular weight is 449 g/mol. The Hall–Kier alpha value is -2.69. The van der Waals surface area contributed by atoms with E-state index in [0.717, 1.165) is 15.8 Å². The SMILES string of the molecule is COCCn1c(=NC(=O)Cc2ccc3c(c2)OCO3)sc2cc(S(C)(=O)=O)ccc21. The summed E-state index contributed by atoms with van der Waals surface area (Å²) in [6.45, 7) is 1.10. The molecular formula is C20H20N2O6S2. The van der Waals surface area contributed by atoms with Crippen molar-refractivity contribution in [3.8, 4) is 11.5 Å². The summed E-state index contributed by atoms with van der Waals surface area (Å²) in [6.07, 6.45) is 1.28. The molecule has 0 atom stereocenters. The second-order valence-corrected chi connectivity index (χ2v) is 9.83. The van der Waals surface area contributed by atoms with Crippen molar-refractivity contribution in [1.82, 2.24) is 4.57 Å².